The molecule has 2 rings (SSSR count). The minimum atomic E-state index is -1.12. The van der Waals surface area contributed by atoms with E-state index in [-0.39, 0.29) is 29.4 Å². The Labute approximate surface area is 198 Å². The highest BCUT2D eigenvalue weighted by Crippen LogP contribution is 2.12. The molecule has 1 amide bonds. The van der Waals surface area contributed by atoms with Crippen LogP contribution in [0.15, 0.2) is 52.4 Å². The summed E-state index contributed by atoms with van der Waals surface area (Å²) in [6.07, 6.45) is 1.15. The lowest BCUT2D eigenvalue weighted by Crippen LogP contribution is -2.48. The first-order valence-corrected chi connectivity index (χ1v) is 11.2. The molecule has 0 fully saturated rings. The second-order valence-electron chi connectivity index (χ2n) is 7.73. The third kappa shape index (κ3) is 8.30. The van der Waals surface area contributed by atoms with E-state index < -0.39 is 17.5 Å². The summed E-state index contributed by atoms with van der Waals surface area (Å²) in [7, 11) is 1.66. The Morgan fingerprint density at radius 3 is 2.26 bits per heavy atom. The van der Waals surface area contributed by atoms with Crippen molar-refractivity contribution in [1.29, 1.82) is 0 Å². The molecule has 2 aromatic carbocycles. The second kappa shape index (κ2) is 13.5. The highest BCUT2D eigenvalue weighted by Gasteiger charge is 2.17. The first-order chi connectivity index (χ1) is 16.3. The van der Waals surface area contributed by atoms with Gasteiger partial charge in [-0.15, -0.1) is 0 Å². The molecule has 6 nitrogen and oxygen atoms in total. The molecule has 0 spiro atoms. The number of carbonyl (C=O) groups excluding carboxylic acids is 1. The van der Waals surface area contributed by atoms with Crippen molar-refractivity contribution in [2.45, 2.75) is 45.7 Å². The van der Waals surface area contributed by atoms with Crippen LogP contribution < -0.4 is 10.6 Å². The van der Waals surface area contributed by atoms with E-state index in [9.17, 15) is 18.0 Å². The van der Waals surface area contributed by atoms with Crippen LogP contribution in [-0.2, 0) is 4.74 Å². The molecule has 0 saturated carbocycles. The van der Waals surface area contributed by atoms with Crippen LogP contribution in [0.5, 0.6) is 0 Å². The molecule has 34 heavy (non-hydrogen) atoms. The third-order valence-corrected chi connectivity index (χ3v) is 5.06. The first kappa shape index (κ1) is 27.0. The number of ether oxygens (including phenoxy) is 1. The molecule has 2 N–H and O–H groups in total. The van der Waals surface area contributed by atoms with Crippen molar-refractivity contribution < 1.29 is 22.7 Å². The van der Waals surface area contributed by atoms with Gasteiger partial charge in [0, 0.05) is 43.4 Å². The van der Waals surface area contributed by atoms with Crippen LogP contribution in [-0.4, -0.2) is 49.9 Å². The maximum Gasteiger partial charge on any atom is 0.280 e. The highest BCUT2D eigenvalue weighted by molar-refractivity contribution is 6.03. The van der Waals surface area contributed by atoms with Crippen LogP contribution in [0.2, 0.25) is 0 Å². The summed E-state index contributed by atoms with van der Waals surface area (Å²) in [5.74, 6) is -3.04. The molecule has 0 saturated heterocycles. The van der Waals surface area contributed by atoms with E-state index >= 15 is 0 Å². The van der Waals surface area contributed by atoms with Crippen molar-refractivity contribution in [2.75, 3.05) is 20.3 Å². The number of rotatable bonds is 10. The molecule has 2 atom stereocenters. The molecule has 9 heteroatoms. The van der Waals surface area contributed by atoms with Gasteiger partial charge in [0.25, 0.3) is 5.91 Å². The van der Waals surface area contributed by atoms with Crippen LogP contribution in [0.3, 0.4) is 0 Å². The average molecular weight is 477 g/mol. The Bertz CT molecular complexity index is 1010. The zero-order valence-electron chi connectivity index (χ0n) is 19.9. The summed E-state index contributed by atoms with van der Waals surface area (Å²) >= 11 is 0. The molecule has 0 aliphatic rings. The first-order valence-electron chi connectivity index (χ1n) is 11.2. The predicted octanol–water partition coefficient (Wildman–Crippen LogP) is 4.49. The van der Waals surface area contributed by atoms with Crippen molar-refractivity contribution in [3.8, 4) is 0 Å². The molecular weight excluding hydrogens is 445 g/mol. The second-order valence-corrected chi connectivity index (χ2v) is 7.73. The molecule has 2 unspecified atom stereocenters. The monoisotopic (exact) mass is 476 g/mol. The fraction of sp³-hybridized carbons (Fsp3) is 0.400. The van der Waals surface area contributed by atoms with Gasteiger partial charge >= 0.3 is 0 Å². The van der Waals surface area contributed by atoms with Gasteiger partial charge in [0.05, 0.1) is 6.61 Å². The Morgan fingerprint density at radius 1 is 1.00 bits per heavy atom. The normalized spacial score (nSPS) is 14.0. The van der Waals surface area contributed by atoms with E-state index in [1.165, 1.54) is 18.2 Å². The van der Waals surface area contributed by atoms with Crippen molar-refractivity contribution in [2.24, 2.45) is 9.98 Å². The number of hydrogen-bond donors (Lipinski definition) is 2. The van der Waals surface area contributed by atoms with Gasteiger partial charge in [-0.2, -0.15) is 4.99 Å². The van der Waals surface area contributed by atoms with Crippen LogP contribution in [0, 0.1) is 17.5 Å². The number of carbonyl (C=O) groups is 1. The number of hydrogen-bond acceptors (Lipinski definition) is 3. The van der Waals surface area contributed by atoms with Gasteiger partial charge in [-0.3, -0.25) is 9.79 Å². The van der Waals surface area contributed by atoms with Crippen LogP contribution in [0.25, 0.3) is 0 Å². The number of nitrogens with zero attached hydrogens (tertiary/aromatic N) is 2. The van der Waals surface area contributed by atoms with Crippen molar-refractivity contribution in [1.82, 2.24) is 10.6 Å². The van der Waals surface area contributed by atoms with Gasteiger partial charge in [0.15, 0.2) is 17.6 Å². The van der Waals surface area contributed by atoms with E-state index in [4.69, 9.17) is 4.74 Å². The lowest BCUT2D eigenvalue weighted by molar-refractivity contribution is 0.100. The minimum absolute atomic E-state index is 0.0763. The number of amides is 1. The summed E-state index contributed by atoms with van der Waals surface area (Å²) in [5.41, 5.74) is 1.47. The molecular formula is C25H31F3N4O2. The molecule has 0 aliphatic heterocycles. The largest absolute Gasteiger partial charge is 0.380 e. The van der Waals surface area contributed by atoms with E-state index in [1.807, 2.05) is 20.8 Å². The van der Waals surface area contributed by atoms with Gasteiger partial charge < -0.3 is 15.4 Å². The van der Waals surface area contributed by atoms with E-state index in [1.54, 1.807) is 19.2 Å². The summed E-state index contributed by atoms with van der Waals surface area (Å²) < 4.78 is 45.6. The predicted molar refractivity (Wildman–Crippen MR) is 128 cm³/mol. The smallest absolute Gasteiger partial charge is 0.280 e. The van der Waals surface area contributed by atoms with Gasteiger partial charge in [0.2, 0.25) is 0 Å². The maximum absolute atomic E-state index is 13.6. The fourth-order valence-electron chi connectivity index (χ4n) is 3.18. The molecule has 0 bridgehead atoms. The third-order valence-electron chi connectivity index (χ3n) is 5.06. The van der Waals surface area contributed by atoms with Crippen LogP contribution in [0.1, 0.15) is 49.5 Å². The van der Waals surface area contributed by atoms with Crippen LogP contribution in [0.4, 0.5) is 13.2 Å². The standard InChI is InChI=1S/C25H31F3N4O2/c1-5-20(14-23(29-4)17-7-10-19(26)11-8-17)31-25(30-16(3)15-34-6-2)32-24(33)18-9-12-21(27)22(28)13-18/h7-13,16,20H,5-6,14-15H2,1-4H3,(H2,30,31,32,33)/b29-23+. The van der Waals surface area contributed by atoms with Crippen molar-refractivity contribution >= 4 is 17.6 Å². The minimum Gasteiger partial charge on any atom is -0.380 e. The zero-order valence-corrected chi connectivity index (χ0v) is 19.9. The van der Waals surface area contributed by atoms with E-state index in [0.29, 0.717) is 26.1 Å². The zero-order chi connectivity index (χ0) is 25.1. The van der Waals surface area contributed by atoms with E-state index in [2.05, 4.69) is 20.6 Å². The highest BCUT2D eigenvalue weighted by atomic mass is 19.2. The molecule has 2 aromatic rings. The topological polar surface area (TPSA) is 75.1 Å². The number of aliphatic imine (C=N–C) groups is 2. The van der Waals surface area contributed by atoms with Gasteiger partial charge in [0.1, 0.15) is 5.82 Å². The molecule has 0 heterocycles. The summed E-state index contributed by atoms with van der Waals surface area (Å²) in [6.45, 7) is 6.62. The average Bonchev–Trinajstić information content (AvgIpc) is 2.82. The molecule has 0 aliphatic carbocycles. The summed E-state index contributed by atoms with van der Waals surface area (Å²) in [5, 5.41) is 6.34. The SMILES string of the molecule is CCOCC(C)N/C(=N/C(=O)c1ccc(F)c(F)c1)NC(CC)C/C(=N\C)c1ccc(F)cc1. The van der Waals surface area contributed by atoms with Gasteiger partial charge in [-0.05, 0) is 56.2 Å². The Morgan fingerprint density at radius 2 is 1.68 bits per heavy atom. The Balaban J connectivity index is 2.25. The number of benzene rings is 2. The quantitative estimate of drug-likeness (QED) is 0.391. The lowest BCUT2D eigenvalue weighted by atomic mass is 10.0. The fourth-order valence-corrected chi connectivity index (χ4v) is 3.18. The van der Waals surface area contributed by atoms with Crippen LogP contribution >= 0.6 is 0 Å². The molecule has 184 valence electrons. The molecule has 0 radical (unpaired) electrons. The van der Waals surface area contributed by atoms with Gasteiger partial charge in [-0.1, -0.05) is 19.1 Å². The Kier molecular flexibility index (Phi) is 10.7. The van der Waals surface area contributed by atoms with Crippen molar-refractivity contribution in [3.63, 3.8) is 0 Å². The number of nitrogens with one attached hydrogen (secondary N) is 2. The number of halogens is 3. The molecule has 0 aromatic heterocycles. The van der Waals surface area contributed by atoms with Crippen molar-refractivity contribution in [3.05, 3.63) is 71.0 Å². The maximum atomic E-state index is 13.6. The van der Waals surface area contributed by atoms with Gasteiger partial charge in [-0.25, -0.2) is 13.2 Å². The summed E-state index contributed by atoms with van der Waals surface area (Å²) in [4.78, 5) is 21.1. The summed E-state index contributed by atoms with van der Waals surface area (Å²) in [6, 6.07) is 8.60. The van der Waals surface area contributed by atoms with E-state index in [0.717, 1.165) is 23.4 Å². The number of guanidine groups is 1. The Hall–Kier alpha value is -3.20. The lowest BCUT2D eigenvalue weighted by Gasteiger charge is -2.23.